The zero-order valence-corrected chi connectivity index (χ0v) is 15.5. The number of aryl methyl sites for hydroxylation is 2. The number of quaternary nitrogens is 1. The second-order valence-electron chi connectivity index (χ2n) is 6.01. The van der Waals surface area contributed by atoms with Crippen molar-refractivity contribution in [3.8, 4) is 0 Å². The summed E-state index contributed by atoms with van der Waals surface area (Å²) < 4.78 is 0.915. The number of nitrogens with one attached hydrogen (secondary N) is 2. The van der Waals surface area contributed by atoms with Gasteiger partial charge in [-0.15, -0.1) is 0 Å². The lowest BCUT2D eigenvalue weighted by molar-refractivity contribution is -0.885. The number of anilines is 1. The van der Waals surface area contributed by atoms with Crippen molar-refractivity contribution in [1.29, 1.82) is 0 Å². The molecule has 0 aliphatic heterocycles. The number of halogens is 1. The average molecular weight is 376 g/mol. The van der Waals surface area contributed by atoms with Gasteiger partial charge in [0.05, 0.1) is 12.7 Å². The SMILES string of the molecule is CCc1ccc(C[NH+](C)CC(=O)Nc2ccc(C)cc2Br)cc1. The normalized spacial score (nSPS) is 12.0. The van der Waals surface area contributed by atoms with Crippen LogP contribution in [0.3, 0.4) is 0 Å². The quantitative estimate of drug-likeness (QED) is 0.799. The highest BCUT2D eigenvalue weighted by Crippen LogP contribution is 2.23. The second kappa shape index (κ2) is 8.27. The molecule has 0 radical (unpaired) electrons. The van der Waals surface area contributed by atoms with Gasteiger partial charge < -0.3 is 10.2 Å². The predicted octanol–water partition coefficient (Wildman–Crippen LogP) is 2.97. The third-order valence-corrected chi connectivity index (χ3v) is 4.45. The summed E-state index contributed by atoms with van der Waals surface area (Å²) in [4.78, 5) is 13.4. The molecule has 2 aromatic rings. The summed E-state index contributed by atoms with van der Waals surface area (Å²) in [5, 5.41) is 2.97. The fourth-order valence-corrected chi connectivity index (χ4v) is 3.09. The summed E-state index contributed by atoms with van der Waals surface area (Å²) in [6.07, 6.45) is 1.05. The first-order valence-electron chi connectivity index (χ1n) is 7.93. The van der Waals surface area contributed by atoms with Gasteiger partial charge in [-0.25, -0.2) is 0 Å². The number of amides is 1. The van der Waals surface area contributed by atoms with Gasteiger partial charge in [-0.3, -0.25) is 4.79 Å². The largest absolute Gasteiger partial charge is 0.326 e. The molecule has 0 spiro atoms. The second-order valence-corrected chi connectivity index (χ2v) is 6.87. The van der Waals surface area contributed by atoms with Gasteiger partial charge in [0, 0.05) is 10.0 Å². The van der Waals surface area contributed by atoms with E-state index in [1.165, 1.54) is 11.1 Å². The van der Waals surface area contributed by atoms with Gasteiger partial charge in [0.1, 0.15) is 6.54 Å². The minimum absolute atomic E-state index is 0.0252. The fraction of sp³-hybridized carbons (Fsp3) is 0.316. The van der Waals surface area contributed by atoms with Crippen molar-refractivity contribution in [1.82, 2.24) is 0 Å². The lowest BCUT2D eigenvalue weighted by Crippen LogP contribution is -3.08. The van der Waals surface area contributed by atoms with Crippen LogP contribution < -0.4 is 10.2 Å². The first-order chi connectivity index (χ1) is 11.0. The maximum Gasteiger partial charge on any atom is 0.279 e. The van der Waals surface area contributed by atoms with E-state index in [2.05, 4.69) is 52.4 Å². The number of benzene rings is 2. The van der Waals surface area contributed by atoms with Crippen molar-refractivity contribution in [3.63, 3.8) is 0 Å². The molecule has 0 aliphatic carbocycles. The van der Waals surface area contributed by atoms with Crippen molar-refractivity contribution < 1.29 is 9.69 Å². The van der Waals surface area contributed by atoms with Crippen molar-refractivity contribution in [2.45, 2.75) is 26.8 Å². The Morgan fingerprint density at radius 2 is 1.78 bits per heavy atom. The van der Waals surface area contributed by atoms with Crippen molar-refractivity contribution in [2.75, 3.05) is 18.9 Å². The van der Waals surface area contributed by atoms with E-state index < -0.39 is 0 Å². The zero-order valence-electron chi connectivity index (χ0n) is 13.9. The maximum atomic E-state index is 12.2. The summed E-state index contributed by atoms with van der Waals surface area (Å²) >= 11 is 3.49. The van der Waals surface area contributed by atoms with E-state index in [0.29, 0.717) is 6.54 Å². The molecule has 1 unspecified atom stereocenters. The number of likely N-dealkylation sites (N-methyl/N-ethyl adjacent to an activating group) is 1. The average Bonchev–Trinajstić information content (AvgIpc) is 2.50. The third-order valence-electron chi connectivity index (χ3n) is 3.80. The lowest BCUT2D eigenvalue weighted by Gasteiger charge is -2.15. The fourth-order valence-electron chi connectivity index (χ4n) is 2.49. The lowest BCUT2D eigenvalue weighted by atomic mass is 10.1. The number of carbonyl (C=O) groups excluding carboxylic acids is 1. The van der Waals surface area contributed by atoms with Gasteiger partial charge in [0.15, 0.2) is 6.54 Å². The Hall–Kier alpha value is -1.65. The summed E-state index contributed by atoms with van der Waals surface area (Å²) in [5.41, 5.74) is 4.58. The smallest absolute Gasteiger partial charge is 0.279 e. The Balaban J connectivity index is 1.88. The minimum atomic E-state index is 0.0252. The van der Waals surface area contributed by atoms with Crippen LogP contribution in [0, 0.1) is 6.92 Å². The molecule has 1 atom stereocenters. The van der Waals surface area contributed by atoms with Gasteiger partial charge in [-0.2, -0.15) is 0 Å². The first kappa shape index (κ1) is 17.7. The van der Waals surface area contributed by atoms with Crippen LogP contribution in [-0.4, -0.2) is 19.5 Å². The molecule has 2 rings (SSSR count). The Labute approximate surface area is 146 Å². The first-order valence-corrected chi connectivity index (χ1v) is 8.72. The van der Waals surface area contributed by atoms with Crippen LogP contribution in [0.25, 0.3) is 0 Å². The Kier molecular flexibility index (Phi) is 6.37. The molecular formula is C19H24BrN2O+. The van der Waals surface area contributed by atoms with Gasteiger partial charge in [-0.1, -0.05) is 37.3 Å². The molecule has 122 valence electrons. The standard InChI is InChI=1S/C19H23BrN2O/c1-4-15-6-8-16(9-7-15)12-22(3)13-19(23)21-18-10-5-14(2)11-17(18)20/h5-11H,4,12-13H2,1-3H3,(H,21,23)/p+1. The van der Waals surface area contributed by atoms with Gasteiger partial charge >= 0.3 is 0 Å². The van der Waals surface area contributed by atoms with Crippen molar-refractivity contribution in [2.24, 2.45) is 0 Å². The molecule has 0 saturated carbocycles. The molecule has 3 nitrogen and oxygen atoms in total. The van der Waals surface area contributed by atoms with Gasteiger partial charge in [-0.05, 0) is 52.5 Å². The van der Waals surface area contributed by atoms with E-state index in [-0.39, 0.29) is 5.91 Å². The van der Waals surface area contributed by atoms with E-state index in [4.69, 9.17) is 0 Å². The van der Waals surface area contributed by atoms with Crippen LogP contribution in [0.15, 0.2) is 46.9 Å². The molecule has 2 aromatic carbocycles. The molecule has 1 amide bonds. The third kappa shape index (κ3) is 5.48. The highest BCUT2D eigenvalue weighted by Gasteiger charge is 2.12. The summed E-state index contributed by atoms with van der Waals surface area (Å²) in [6.45, 7) is 5.46. The molecule has 0 aliphatic rings. The van der Waals surface area contributed by atoms with Crippen LogP contribution >= 0.6 is 15.9 Å². The van der Waals surface area contributed by atoms with Gasteiger partial charge in [0.25, 0.3) is 5.91 Å². The molecule has 0 heterocycles. The predicted molar refractivity (Wildman–Crippen MR) is 98.8 cm³/mol. The number of hydrogen-bond acceptors (Lipinski definition) is 1. The molecule has 0 fully saturated rings. The van der Waals surface area contributed by atoms with Crippen LogP contribution in [0.2, 0.25) is 0 Å². The van der Waals surface area contributed by atoms with Crippen LogP contribution in [0.1, 0.15) is 23.6 Å². The molecule has 2 N–H and O–H groups in total. The summed E-state index contributed by atoms with van der Waals surface area (Å²) in [7, 11) is 2.04. The van der Waals surface area contributed by atoms with E-state index in [9.17, 15) is 4.79 Å². The molecule has 4 heteroatoms. The summed E-state index contributed by atoms with van der Waals surface area (Å²) in [5.74, 6) is 0.0252. The Bertz CT molecular complexity index is 668. The van der Waals surface area contributed by atoms with Crippen LogP contribution in [-0.2, 0) is 17.8 Å². The van der Waals surface area contributed by atoms with Crippen LogP contribution in [0.4, 0.5) is 5.69 Å². The molecule has 0 saturated heterocycles. The van der Waals surface area contributed by atoms with E-state index in [0.717, 1.165) is 33.6 Å². The minimum Gasteiger partial charge on any atom is -0.326 e. The topological polar surface area (TPSA) is 33.5 Å². The highest BCUT2D eigenvalue weighted by atomic mass is 79.9. The van der Waals surface area contributed by atoms with E-state index in [1.807, 2.05) is 32.2 Å². The number of carbonyl (C=O) groups is 1. The van der Waals surface area contributed by atoms with E-state index >= 15 is 0 Å². The Morgan fingerprint density at radius 3 is 2.39 bits per heavy atom. The number of rotatable bonds is 6. The highest BCUT2D eigenvalue weighted by molar-refractivity contribution is 9.10. The zero-order chi connectivity index (χ0) is 16.8. The summed E-state index contributed by atoms with van der Waals surface area (Å²) in [6, 6.07) is 14.5. The van der Waals surface area contributed by atoms with Crippen molar-refractivity contribution in [3.05, 3.63) is 63.6 Å². The molecular weight excluding hydrogens is 352 g/mol. The maximum absolute atomic E-state index is 12.2. The Morgan fingerprint density at radius 1 is 1.13 bits per heavy atom. The van der Waals surface area contributed by atoms with Crippen molar-refractivity contribution >= 4 is 27.5 Å². The molecule has 23 heavy (non-hydrogen) atoms. The van der Waals surface area contributed by atoms with Gasteiger partial charge in [0.2, 0.25) is 0 Å². The van der Waals surface area contributed by atoms with Crippen LogP contribution in [0.5, 0.6) is 0 Å². The molecule has 0 aromatic heterocycles. The van der Waals surface area contributed by atoms with E-state index in [1.54, 1.807) is 0 Å². The monoisotopic (exact) mass is 375 g/mol. The number of hydrogen-bond donors (Lipinski definition) is 2. The molecule has 0 bridgehead atoms.